The Balaban J connectivity index is 2.34. The van der Waals surface area contributed by atoms with Crippen LogP contribution < -0.4 is 16.1 Å². The van der Waals surface area contributed by atoms with Gasteiger partial charge in [-0.1, -0.05) is 34.6 Å². The first-order valence-corrected chi connectivity index (χ1v) is 13.6. The van der Waals surface area contributed by atoms with Crippen molar-refractivity contribution in [3.8, 4) is 0 Å². The highest BCUT2D eigenvalue weighted by Gasteiger charge is 2.26. The van der Waals surface area contributed by atoms with Crippen molar-refractivity contribution >= 4 is 48.2 Å². The fourth-order valence-electron chi connectivity index (χ4n) is 2.81. The van der Waals surface area contributed by atoms with Crippen LogP contribution in [0.4, 0.5) is 18.9 Å². The Kier molecular flexibility index (Phi) is 12.2. The molecule has 4 N–H and O–H groups in total. The van der Waals surface area contributed by atoms with Gasteiger partial charge in [-0.2, -0.15) is 0 Å². The third-order valence-electron chi connectivity index (χ3n) is 4.70. The Hall–Kier alpha value is -2.82. The number of amides is 3. The molecule has 37 heavy (non-hydrogen) atoms. The van der Waals surface area contributed by atoms with Crippen LogP contribution in [0.15, 0.2) is 27.7 Å². The summed E-state index contributed by atoms with van der Waals surface area (Å²) in [5.41, 5.74) is 0.307. The van der Waals surface area contributed by atoms with Crippen molar-refractivity contribution in [3.05, 3.63) is 50.5 Å². The van der Waals surface area contributed by atoms with Gasteiger partial charge in [-0.25, -0.2) is 23.7 Å². The zero-order chi connectivity index (χ0) is 27.5. The molecule has 1 aromatic rings. The van der Waals surface area contributed by atoms with Gasteiger partial charge < -0.3 is 15.7 Å². The van der Waals surface area contributed by atoms with Crippen molar-refractivity contribution in [2.24, 2.45) is 5.92 Å². The lowest BCUT2D eigenvalue weighted by Gasteiger charge is -2.22. The number of carbonyl (C=O) groups is 3. The molecule has 1 aromatic carbocycles. The summed E-state index contributed by atoms with van der Waals surface area (Å²) >= 11 is -0.654. The number of allylic oxidation sites excluding steroid dienone is 2. The molecular weight excluding hydrogens is 612 g/mol. The average Bonchev–Trinajstić information content (AvgIpc) is 2.85. The quantitative estimate of drug-likeness (QED) is 0.148. The molecule has 10 nitrogen and oxygen atoms in total. The first-order chi connectivity index (χ1) is 17.6. The van der Waals surface area contributed by atoms with E-state index in [0.29, 0.717) is 0 Å². The maximum Gasteiger partial charge on any atom is 0.277 e. The van der Waals surface area contributed by atoms with Gasteiger partial charge in [0.05, 0.1) is 43.3 Å². The summed E-state index contributed by atoms with van der Waals surface area (Å²) in [6.45, 7) is 3.19. The number of anilines is 1. The molecular formula is C23H28F3IN4O6. The maximum absolute atomic E-state index is 15.2. The largest absolute Gasteiger partial charge is 0.394 e. The highest BCUT2D eigenvalue weighted by molar-refractivity contribution is 14.2. The monoisotopic (exact) mass is 640 g/mol. The minimum atomic E-state index is -1.49. The molecule has 0 atom stereocenters. The van der Waals surface area contributed by atoms with E-state index in [1.165, 1.54) is 10.1 Å². The normalized spacial score (nSPS) is 12.9. The topological polar surface area (TPSA) is 129 Å². The van der Waals surface area contributed by atoms with Gasteiger partial charge in [-0.3, -0.25) is 24.1 Å². The molecule has 0 aliphatic carbocycles. The van der Waals surface area contributed by atoms with Crippen LogP contribution in [0.2, 0.25) is 0 Å². The van der Waals surface area contributed by atoms with Crippen molar-refractivity contribution in [2.75, 3.05) is 31.7 Å². The van der Waals surface area contributed by atoms with E-state index in [-0.39, 0.29) is 37.3 Å². The molecule has 0 aromatic heterocycles. The molecule has 0 unspecified atom stereocenters. The Bertz CT molecular complexity index is 1110. The molecule has 0 fully saturated rings. The molecule has 14 heteroatoms. The van der Waals surface area contributed by atoms with E-state index < -0.39 is 80.0 Å². The number of hydroxylamine groups is 3. The summed E-state index contributed by atoms with van der Waals surface area (Å²) in [5.74, 6) is -5.71. The second-order valence-electron chi connectivity index (χ2n) is 7.84. The Morgan fingerprint density at radius 2 is 1.89 bits per heavy atom. The SMILES string of the molecule is CC(=O)N(Cc1cc(C(=O)NOCCO)c(NC2=C(F)C=IC=C2)c(F)c1F)OCCNC(=O)C(C)C. The van der Waals surface area contributed by atoms with Crippen molar-refractivity contribution in [2.45, 2.75) is 27.3 Å². The van der Waals surface area contributed by atoms with Crippen LogP contribution in [-0.4, -0.2) is 58.3 Å². The van der Waals surface area contributed by atoms with Crippen molar-refractivity contribution in [1.82, 2.24) is 15.9 Å². The van der Waals surface area contributed by atoms with E-state index in [1.807, 2.05) is 5.48 Å². The first-order valence-electron chi connectivity index (χ1n) is 11.1. The predicted octanol–water partition coefficient (Wildman–Crippen LogP) is 2.56. The summed E-state index contributed by atoms with van der Waals surface area (Å²) < 4.78 is 47.5. The zero-order valence-corrected chi connectivity index (χ0v) is 22.5. The zero-order valence-electron chi connectivity index (χ0n) is 20.4. The highest BCUT2D eigenvalue weighted by Crippen LogP contribution is 2.30. The molecule has 0 spiro atoms. The third-order valence-corrected chi connectivity index (χ3v) is 6.38. The third kappa shape index (κ3) is 8.91. The van der Waals surface area contributed by atoms with Crippen LogP contribution in [0.5, 0.6) is 0 Å². The van der Waals surface area contributed by atoms with E-state index in [1.54, 1.807) is 17.9 Å². The molecule has 3 amide bonds. The van der Waals surface area contributed by atoms with Gasteiger partial charge in [-0.05, 0) is 16.2 Å². The number of rotatable bonds is 13. The van der Waals surface area contributed by atoms with Crippen molar-refractivity contribution < 1.29 is 42.3 Å². The lowest BCUT2D eigenvalue weighted by Crippen LogP contribution is -2.35. The van der Waals surface area contributed by atoms with Crippen LogP contribution in [0, 0.1) is 17.6 Å². The lowest BCUT2D eigenvalue weighted by molar-refractivity contribution is -0.187. The number of nitrogens with zero attached hydrogens (tertiary/aromatic N) is 1. The fraction of sp³-hybridized carbons (Fsp3) is 0.391. The minimum Gasteiger partial charge on any atom is -0.394 e. The number of nitrogens with one attached hydrogen (secondary N) is 3. The first kappa shape index (κ1) is 30.4. The van der Waals surface area contributed by atoms with Crippen LogP contribution in [0.3, 0.4) is 0 Å². The van der Waals surface area contributed by atoms with Gasteiger partial charge in [-0.15, -0.1) is 0 Å². The van der Waals surface area contributed by atoms with Crippen LogP contribution >= 0.6 is 20.7 Å². The fourth-order valence-corrected chi connectivity index (χ4v) is 4.24. The molecule has 2 rings (SSSR count). The van der Waals surface area contributed by atoms with Gasteiger partial charge >= 0.3 is 0 Å². The highest BCUT2D eigenvalue weighted by atomic mass is 127. The Morgan fingerprint density at radius 3 is 2.51 bits per heavy atom. The van der Waals surface area contributed by atoms with Crippen LogP contribution in [-0.2, 0) is 25.8 Å². The number of aliphatic hydroxyl groups excluding tert-OH is 1. The summed E-state index contributed by atoms with van der Waals surface area (Å²) in [6.07, 6.45) is 1.36. The van der Waals surface area contributed by atoms with E-state index in [0.717, 1.165) is 18.1 Å². The molecule has 0 saturated carbocycles. The number of hydrogen-bond donors (Lipinski definition) is 4. The van der Waals surface area contributed by atoms with Crippen molar-refractivity contribution in [1.29, 1.82) is 0 Å². The van der Waals surface area contributed by atoms with Gasteiger partial charge in [0.25, 0.3) is 5.91 Å². The van der Waals surface area contributed by atoms with E-state index in [4.69, 9.17) is 14.8 Å². The molecule has 1 heterocycles. The maximum atomic E-state index is 15.2. The second-order valence-corrected chi connectivity index (χ2v) is 9.90. The van der Waals surface area contributed by atoms with Crippen molar-refractivity contribution in [3.63, 3.8) is 0 Å². The Morgan fingerprint density at radius 1 is 1.16 bits per heavy atom. The molecule has 1 aliphatic rings. The number of benzene rings is 1. The predicted molar refractivity (Wildman–Crippen MR) is 138 cm³/mol. The van der Waals surface area contributed by atoms with E-state index in [2.05, 4.69) is 10.6 Å². The average molecular weight is 640 g/mol. The molecule has 204 valence electrons. The second kappa shape index (κ2) is 14.8. The number of hydrogen-bond acceptors (Lipinski definition) is 7. The number of aliphatic hydroxyl groups is 1. The molecule has 0 bridgehead atoms. The Labute approximate surface area is 221 Å². The van der Waals surface area contributed by atoms with Gasteiger partial charge in [0.15, 0.2) is 17.5 Å². The molecule has 0 saturated heterocycles. The van der Waals surface area contributed by atoms with Gasteiger partial charge in [0.2, 0.25) is 11.8 Å². The lowest BCUT2D eigenvalue weighted by atomic mass is 10.1. The number of carbonyl (C=O) groups excluding carboxylic acids is 3. The van der Waals surface area contributed by atoms with Crippen LogP contribution in [0.1, 0.15) is 36.7 Å². The summed E-state index contributed by atoms with van der Waals surface area (Å²) in [4.78, 5) is 46.5. The minimum absolute atomic E-state index is 0.0593. The molecule has 0 radical (unpaired) electrons. The van der Waals surface area contributed by atoms with Gasteiger partial charge in [0, 0.05) is 29.0 Å². The van der Waals surface area contributed by atoms with Gasteiger partial charge in [0.1, 0.15) is 0 Å². The summed E-state index contributed by atoms with van der Waals surface area (Å²) in [6, 6.07) is 0.972. The smallest absolute Gasteiger partial charge is 0.277 e. The van der Waals surface area contributed by atoms with Crippen LogP contribution in [0.25, 0.3) is 0 Å². The summed E-state index contributed by atoms with van der Waals surface area (Å²) in [5, 5.41) is 14.6. The standard InChI is InChI=1S/C23H28F3IN4O6/c1-13(2)22(34)28-6-8-37-31(14(3)33)12-15-10-16(23(35)30-36-9-7-32)21(20(26)19(15)25)29-18-4-5-27-11-17(18)24/h4-5,10-11,13,29,32H,6-9,12H2,1-3H3,(H,28,34)(H,30,35). The van der Waals surface area contributed by atoms with E-state index in [9.17, 15) is 18.8 Å². The summed E-state index contributed by atoms with van der Waals surface area (Å²) in [7, 11) is 0. The van der Waals surface area contributed by atoms with E-state index >= 15 is 8.78 Å². The number of halogens is 4. The molecule has 1 aliphatic heterocycles.